The van der Waals surface area contributed by atoms with Crippen molar-refractivity contribution in [2.75, 3.05) is 7.11 Å². The Balaban J connectivity index is 3.01. The molecule has 0 aliphatic rings. The average molecular weight is 157 g/mol. The van der Waals surface area contributed by atoms with E-state index >= 15 is 0 Å². The molecule has 0 saturated heterocycles. The van der Waals surface area contributed by atoms with E-state index in [-0.39, 0.29) is 4.88 Å². The molecule has 0 amide bonds. The second-order valence-corrected chi connectivity index (χ2v) is 2.52. The molecule has 0 aromatic carbocycles. The number of thiophene rings is 1. The lowest BCUT2D eigenvalue weighted by molar-refractivity contribution is -0.254. The Bertz CT molecular complexity index is 241. The third-order valence-electron chi connectivity index (χ3n) is 1.03. The summed E-state index contributed by atoms with van der Waals surface area (Å²) in [6.45, 7) is 0. The van der Waals surface area contributed by atoms with Crippen LogP contribution in [-0.2, 0) is 0 Å². The van der Waals surface area contributed by atoms with Gasteiger partial charge in [0.05, 0.1) is 18.0 Å². The summed E-state index contributed by atoms with van der Waals surface area (Å²) in [5.74, 6) is -0.822. The van der Waals surface area contributed by atoms with Gasteiger partial charge in [-0.05, 0) is 11.4 Å². The number of hydrogen-bond acceptors (Lipinski definition) is 4. The maximum Gasteiger partial charge on any atom is 0.138 e. The highest BCUT2D eigenvalue weighted by molar-refractivity contribution is 7.12. The summed E-state index contributed by atoms with van der Waals surface area (Å²) < 4.78 is 4.74. The number of carboxylic acid groups (broad SMARTS) is 1. The summed E-state index contributed by atoms with van der Waals surface area (Å²) in [5.41, 5.74) is 0. The molecule has 1 heterocycles. The van der Waals surface area contributed by atoms with E-state index in [1.807, 2.05) is 0 Å². The Hall–Kier alpha value is -1.03. The number of carboxylic acids is 1. The van der Waals surface area contributed by atoms with Gasteiger partial charge < -0.3 is 14.6 Å². The molecule has 1 rings (SSSR count). The Kier molecular flexibility index (Phi) is 1.91. The molecule has 0 radical (unpaired) electrons. The standard InChI is InChI=1S/C6H6O3S/c1-9-4-2-3-10-5(4)6(7)8/h2-3H,1H3,(H,7,8)/p-1. The molecule has 1 aromatic heterocycles. The summed E-state index contributed by atoms with van der Waals surface area (Å²) >= 11 is 1.10. The molecule has 0 unspecified atom stereocenters. The highest BCUT2D eigenvalue weighted by atomic mass is 32.1. The first-order valence-electron chi connectivity index (χ1n) is 2.58. The van der Waals surface area contributed by atoms with Gasteiger partial charge in [0.15, 0.2) is 0 Å². The summed E-state index contributed by atoms with van der Waals surface area (Å²) in [5, 5.41) is 11.9. The monoisotopic (exact) mass is 157 g/mol. The van der Waals surface area contributed by atoms with Gasteiger partial charge in [0, 0.05) is 0 Å². The van der Waals surface area contributed by atoms with Crippen molar-refractivity contribution in [1.29, 1.82) is 0 Å². The first kappa shape index (κ1) is 7.08. The molecule has 0 saturated carbocycles. The molecular weight excluding hydrogens is 152 g/mol. The number of methoxy groups -OCH3 is 1. The highest BCUT2D eigenvalue weighted by Gasteiger charge is 2.03. The number of rotatable bonds is 2. The van der Waals surface area contributed by atoms with Gasteiger partial charge in [0.1, 0.15) is 5.75 Å². The van der Waals surface area contributed by atoms with Gasteiger partial charge >= 0.3 is 0 Å². The van der Waals surface area contributed by atoms with E-state index in [0.717, 1.165) is 11.3 Å². The third kappa shape index (κ3) is 1.11. The lowest BCUT2D eigenvalue weighted by Gasteiger charge is -2.00. The van der Waals surface area contributed by atoms with Crippen LogP contribution in [0, 0.1) is 0 Å². The van der Waals surface area contributed by atoms with E-state index in [0.29, 0.717) is 5.75 Å². The molecule has 4 heteroatoms. The van der Waals surface area contributed by atoms with Crippen molar-refractivity contribution < 1.29 is 14.6 Å². The number of aromatic carboxylic acids is 1. The topological polar surface area (TPSA) is 49.4 Å². The van der Waals surface area contributed by atoms with Crippen LogP contribution in [-0.4, -0.2) is 13.1 Å². The maximum absolute atomic E-state index is 10.3. The summed E-state index contributed by atoms with van der Waals surface area (Å²) in [6.07, 6.45) is 0. The fraction of sp³-hybridized carbons (Fsp3) is 0.167. The van der Waals surface area contributed by atoms with Gasteiger partial charge in [-0.1, -0.05) is 0 Å². The normalized spacial score (nSPS) is 9.30. The molecule has 3 nitrogen and oxygen atoms in total. The fourth-order valence-corrected chi connectivity index (χ4v) is 1.30. The highest BCUT2D eigenvalue weighted by Crippen LogP contribution is 2.22. The third-order valence-corrected chi connectivity index (χ3v) is 1.91. The van der Waals surface area contributed by atoms with E-state index < -0.39 is 5.97 Å². The predicted octanol–water partition coefficient (Wildman–Crippen LogP) is 0.120. The van der Waals surface area contributed by atoms with Gasteiger partial charge in [-0.3, -0.25) is 0 Å². The van der Waals surface area contributed by atoms with Crippen LogP contribution in [0.4, 0.5) is 0 Å². The van der Waals surface area contributed by atoms with E-state index in [2.05, 4.69) is 0 Å². The predicted molar refractivity (Wildman–Crippen MR) is 35.2 cm³/mol. The number of carbonyl (C=O) groups excluding carboxylic acids is 1. The van der Waals surface area contributed by atoms with Crippen LogP contribution in [0.2, 0.25) is 0 Å². The molecule has 0 spiro atoms. The number of ether oxygens (including phenoxy) is 1. The minimum absolute atomic E-state index is 0.141. The maximum atomic E-state index is 10.3. The molecular formula is C6H5O3S-. The Morgan fingerprint density at radius 2 is 2.50 bits per heavy atom. The number of hydrogen-bond donors (Lipinski definition) is 0. The zero-order valence-electron chi connectivity index (χ0n) is 5.29. The van der Waals surface area contributed by atoms with Gasteiger partial charge in [-0.25, -0.2) is 0 Å². The molecule has 0 fully saturated rings. The van der Waals surface area contributed by atoms with E-state index in [4.69, 9.17) is 4.74 Å². The lowest BCUT2D eigenvalue weighted by atomic mass is 10.4. The second kappa shape index (κ2) is 2.70. The summed E-state index contributed by atoms with van der Waals surface area (Å²) in [4.78, 5) is 10.4. The minimum atomic E-state index is -1.19. The second-order valence-electron chi connectivity index (χ2n) is 1.61. The first-order valence-corrected chi connectivity index (χ1v) is 3.46. The Morgan fingerprint density at radius 1 is 1.80 bits per heavy atom. The minimum Gasteiger partial charge on any atom is -0.544 e. The smallest absolute Gasteiger partial charge is 0.138 e. The Labute approximate surface area is 61.9 Å². The zero-order chi connectivity index (χ0) is 7.56. The van der Waals surface area contributed by atoms with Crippen LogP contribution in [0.25, 0.3) is 0 Å². The molecule has 0 aliphatic heterocycles. The van der Waals surface area contributed by atoms with Crippen LogP contribution in [0.5, 0.6) is 5.75 Å². The summed E-state index contributed by atoms with van der Waals surface area (Å²) in [7, 11) is 1.43. The molecule has 0 aliphatic carbocycles. The van der Waals surface area contributed by atoms with Crippen molar-refractivity contribution in [3.05, 3.63) is 16.3 Å². The summed E-state index contributed by atoms with van der Waals surface area (Å²) in [6, 6.07) is 1.59. The fourth-order valence-electron chi connectivity index (χ4n) is 0.607. The molecule has 0 atom stereocenters. The van der Waals surface area contributed by atoms with Crippen LogP contribution in [0.3, 0.4) is 0 Å². The van der Waals surface area contributed by atoms with E-state index in [1.165, 1.54) is 7.11 Å². The van der Waals surface area contributed by atoms with Crippen molar-refractivity contribution in [3.8, 4) is 5.75 Å². The van der Waals surface area contributed by atoms with Crippen molar-refractivity contribution in [2.24, 2.45) is 0 Å². The quantitative estimate of drug-likeness (QED) is 0.612. The Morgan fingerprint density at radius 3 is 2.90 bits per heavy atom. The number of carbonyl (C=O) groups is 1. The van der Waals surface area contributed by atoms with Gasteiger partial charge in [0.2, 0.25) is 0 Å². The van der Waals surface area contributed by atoms with Gasteiger partial charge in [-0.15, -0.1) is 11.3 Å². The van der Waals surface area contributed by atoms with Crippen LogP contribution in [0.1, 0.15) is 9.67 Å². The molecule has 54 valence electrons. The van der Waals surface area contributed by atoms with Crippen LogP contribution < -0.4 is 9.84 Å². The zero-order valence-corrected chi connectivity index (χ0v) is 6.10. The van der Waals surface area contributed by atoms with Crippen molar-refractivity contribution in [2.45, 2.75) is 0 Å². The molecule has 10 heavy (non-hydrogen) atoms. The van der Waals surface area contributed by atoms with Crippen LogP contribution >= 0.6 is 11.3 Å². The van der Waals surface area contributed by atoms with E-state index in [1.54, 1.807) is 11.4 Å². The van der Waals surface area contributed by atoms with Crippen molar-refractivity contribution in [3.63, 3.8) is 0 Å². The SMILES string of the molecule is COc1ccsc1C(=O)[O-]. The van der Waals surface area contributed by atoms with Gasteiger partial charge in [-0.2, -0.15) is 0 Å². The van der Waals surface area contributed by atoms with E-state index in [9.17, 15) is 9.90 Å². The van der Waals surface area contributed by atoms with Gasteiger partial charge in [0.25, 0.3) is 0 Å². The molecule has 0 N–H and O–H groups in total. The molecule has 0 bridgehead atoms. The van der Waals surface area contributed by atoms with Crippen LogP contribution in [0.15, 0.2) is 11.4 Å². The van der Waals surface area contributed by atoms with Crippen molar-refractivity contribution >= 4 is 17.3 Å². The van der Waals surface area contributed by atoms with Crippen molar-refractivity contribution in [1.82, 2.24) is 0 Å². The molecule has 1 aromatic rings. The lowest BCUT2D eigenvalue weighted by Crippen LogP contribution is -2.21. The largest absolute Gasteiger partial charge is 0.544 e. The average Bonchev–Trinajstić information content (AvgIpc) is 2.33. The first-order chi connectivity index (χ1) is 4.75.